The van der Waals surface area contributed by atoms with Crippen LogP contribution in [0.25, 0.3) is 0 Å². The number of aliphatic hydroxyl groups is 1. The summed E-state index contributed by atoms with van der Waals surface area (Å²) in [6.07, 6.45) is 3.00. The van der Waals surface area contributed by atoms with E-state index in [4.69, 9.17) is 5.11 Å². The SMILES string of the molecule is CC(C)CC(C)N(C)C(=O)c1ccc(C#CCCO)cn1. The van der Waals surface area contributed by atoms with Crippen LogP contribution in [0.3, 0.4) is 0 Å². The van der Waals surface area contributed by atoms with Gasteiger partial charge < -0.3 is 10.0 Å². The lowest BCUT2D eigenvalue weighted by Gasteiger charge is -2.26. The lowest BCUT2D eigenvalue weighted by atomic mass is 10.0. The largest absolute Gasteiger partial charge is 0.395 e. The summed E-state index contributed by atoms with van der Waals surface area (Å²) in [5.41, 5.74) is 1.18. The van der Waals surface area contributed by atoms with Gasteiger partial charge in [0.1, 0.15) is 5.69 Å². The summed E-state index contributed by atoms with van der Waals surface area (Å²) in [6, 6.07) is 3.67. The van der Waals surface area contributed by atoms with Crippen molar-refractivity contribution in [1.29, 1.82) is 0 Å². The number of carbonyl (C=O) groups is 1. The van der Waals surface area contributed by atoms with Gasteiger partial charge in [-0.3, -0.25) is 4.79 Å². The van der Waals surface area contributed by atoms with Gasteiger partial charge in [-0.2, -0.15) is 0 Å². The molecule has 1 amide bonds. The quantitative estimate of drug-likeness (QED) is 0.846. The fourth-order valence-electron chi connectivity index (χ4n) is 2.04. The van der Waals surface area contributed by atoms with Gasteiger partial charge in [0.05, 0.1) is 6.61 Å². The third-order valence-corrected chi connectivity index (χ3v) is 3.25. The number of pyridine rings is 1. The van der Waals surface area contributed by atoms with E-state index in [0.717, 1.165) is 12.0 Å². The van der Waals surface area contributed by atoms with Crippen molar-refractivity contribution in [3.63, 3.8) is 0 Å². The highest BCUT2D eigenvalue weighted by atomic mass is 16.2. The van der Waals surface area contributed by atoms with Crippen molar-refractivity contribution in [3.8, 4) is 11.8 Å². The molecule has 0 bridgehead atoms. The Labute approximate surface area is 127 Å². The second-order valence-electron chi connectivity index (χ2n) is 5.60. The predicted molar refractivity (Wildman–Crippen MR) is 83.8 cm³/mol. The topological polar surface area (TPSA) is 53.4 Å². The molecule has 0 aliphatic heterocycles. The van der Waals surface area contributed by atoms with Crippen molar-refractivity contribution in [2.45, 2.75) is 39.7 Å². The molecule has 1 unspecified atom stereocenters. The molecule has 1 rings (SSSR count). The lowest BCUT2D eigenvalue weighted by molar-refractivity contribution is 0.0722. The van der Waals surface area contributed by atoms with E-state index >= 15 is 0 Å². The third kappa shape index (κ3) is 5.57. The van der Waals surface area contributed by atoms with Crippen molar-refractivity contribution < 1.29 is 9.90 Å². The van der Waals surface area contributed by atoms with E-state index in [-0.39, 0.29) is 18.6 Å². The van der Waals surface area contributed by atoms with E-state index in [2.05, 4.69) is 30.7 Å². The molecule has 0 fully saturated rings. The van der Waals surface area contributed by atoms with Crippen molar-refractivity contribution in [1.82, 2.24) is 9.88 Å². The Hall–Kier alpha value is -1.86. The maximum absolute atomic E-state index is 12.3. The molecule has 4 nitrogen and oxygen atoms in total. The maximum atomic E-state index is 12.3. The van der Waals surface area contributed by atoms with Gasteiger partial charge in [-0.15, -0.1) is 0 Å². The van der Waals surface area contributed by atoms with E-state index in [1.54, 1.807) is 23.2 Å². The first kappa shape index (κ1) is 17.2. The first-order valence-corrected chi connectivity index (χ1v) is 7.28. The molecule has 114 valence electrons. The van der Waals surface area contributed by atoms with Crippen LogP contribution in [0.15, 0.2) is 18.3 Å². The van der Waals surface area contributed by atoms with Crippen molar-refractivity contribution in [2.75, 3.05) is 13.7 Å². The number of hydrogen-bond acceptors (Lipinski definition) is 3. The summed E-state index contributed by atoms with van der Waals surface area (Å²) in [4.78, 5) is 18.3. The number of hydrogen-bond donors (Lipinski definition) is 1. The van der Waals surface area contributed by atoms with Gasteiger partial charge in [0.25, 0.3) is 5.91 Å². The Morgan fingerprint density at radius 2 is 2.10 bits per heavy atom. The average molecular weight is 288 g/mol. The van der Waals surface area contributed by atoms with E-state index in [1.807, 2.05) is 14.0 Å². The standard InChI is InChI=1S/C17H24N2O2/c1-13(2)11-14(3)19(4)17(21)16-9-8-15(12-18-16)7-5-6-10-20/h8-9,12-14,20H,6,10-11H2,1-4H3. The number of aromatic nitrogens is 1. The van der Waals surface area contributed by atoms with Crippen LogP contribution in [0.2, 0.25) is 0 Å². The monoisotopic (exact) mass is 288 g/mol. The Kier molecular flexibility index (Phi) is 6.90. The number of aliphatic hydroxyl groups excluding tert-OH is 1. The number of amides is 1. The van der Waals surface area contributed by atoms with Crippen LogP contribution in [-0.2, 0) is 0 Å². The van der Waals surface area contributed by atoms with Crippen molar-refractivity contribution in [3.05, 3.63) is 29.6 Å². The van der Waals surface area contributed by atoms with Crippen molar-refractivity contribution >= 4 is 5.91 Å². The smallest absolute Gasteiger partial charge is 0.272 e. The molecule has 0 radical (unpaired) electrons. The van der Waals surface area contributed by atoms with E-state index in [9.17, 15) is 4.79 Å². The zero-order valence-electron chi connectivity index (χ0n) is 13.3. The Morgan fingerprint density at radius 1 is 1.38 bits per heavy atom. The van der Waals surface area contributed by atoms with Gasteiger partial charge in [-0.1, -0.05) is 25.7 Å². The molecule has 0 aliphatic carbocycles. The summed E-state index contributed by atoms with van der Waals surface area (Å²) in [5.74, 6) is 6.20. The minimum absolute atomic E-state index is 0.0511. The first-order valence-electron chi connectivity index (χ1n) is 7.28. The van der Waals surface area contributed by atoms with Crippen LogP contribution < -0.4 is 0 Å². The summed E-state index contributed by atoms with van der Waals surface area (Å²) >= 11 is 0. The molecule has 1 N–H and O–H groups in total. The summed E-state index contributed by atoms with van der Waals surface area (Å²) in [7, 11) is 1.81. The Morgan fingerprint density at radius 3 is 2.62 bits per heavy atom. The molecule has 4 heteroatoms. The Balaban J connectivity index is 2.73. The van der Waals surface area contributed by atoms with Crippen LogP contribution in [0.4, 0.5) is 0 Å². The summed E-state index contributed by atoms with van der Waals surface area (Å²) in [5, 5.41) is 8.67. The average Bonchev–Trinajstić information content (AvgIpc) is 2.46. The van der Waals surface area contributed by atoms with Gasteiger partial charge in [-0.25, -0.2) is 4.98 Å². The molecule has 0 saturated heterocycles. The fraction of sp³-hybridized carbons (Fsp3) is 0.529. The Bertz CT molecular complexity index is 512. The molecule has 1 aromatic rings. The number of nitrogens with zero attached hydrogens (tertiary/aromatic N) is 2. The highest BCUT2D eigenvalue weighted by Crippen LogP contribution is 2.12. The molecular weight excluding hydrogens is 264 g/mol. The molecule has 0 aliphatic rings. The maximum Gasteiger partial charge on any atom is 0.272 e. The van der Waals surface area contributed by atoms with Gasteiger partial charge in [0, 0.05) is 31.3 Å². The fourth-order valence-corrected chi connectivity index (χ4v) is 2.04. The van der Waals surface area contributed by atoms with Crippen LogP contribution in [0.5, 0.6) is 0 Å². The third-order valence-electron chi connectivity index (χ3n) is 3.25. The van der Waals surface area contributed by atoms with Crippen LogP contribution in [0, 0.1) is 17.8 Å². The highest BCUT2D eigenvalue weighted by molar-refractivity contribution is 5.92. The minimum Gasteiger partial charge on any atom is -0.395 e. The van der Waals surface area contributed by atoms with E-state index < -0.39 is 0 Å². The molecule has 0 aromatic carbocycles. The van der Waals surface area contributed by atoms with Crippen LogP contribution in [-0.4, -0.2) is 40.6 Å². The molecule has 1 atom stereocenters. The second kappa shape index (κ2) is 8.43. The van der Waals surface area contributed by atoms with Crippen molar-refractivity contribution in [2.24, 2.45) is 5.92 Å². The molecule has 21 heavy (non-hydrogen) atoms. The van der Waals surface area contributed by atoms with Gasteiger partial charge in [0.2, 0.25) is 0 Å². The normalized spacial score (nSPS) is 11.7. The molecular formula is C17H24N2O2. The molecule has 1 heterocycles. The van der Waals surface area contributed by atoms with Gasteiger partial charge >= 0.3 is 0 Å². The predicted octanol–water partition coefficient (Wildman–Crippen LogP) is 2.32. The van der Waals surface area contributed by atoms with Crippen LogP contribution >= 0.6 is 0 Å². The summed E-state index contributed by atoms with van der Waals surface area (Å²) in [6.45, 7) is 6.39. The highest BCUT2D eigenvalue weighted by Gasteiger charge is 2.19. The van der Waals surface area contributed by atoms with Crippen LogP contribution in [0.1, 0.15) is 49.7 Å². The zero-order valence-corrected chi connectivity index (χ0v) is 13.3. The minimum atomic E-state index is -0.0713. The van der Waals surface area contributed by atoms with E-state index in [0.29, 0.717) is 18.0 Å². The first-order chi connectivity index (χ1) is 9.95. The summed E-state index contributed by atoms with van der Waals surface area (Å²) < 4.78 is 0. The van der Waals surface area contributed by atoms with E-state index in [1.165, 1.54) is 0 Å². The molecule has 1 aromatic heterocycles. The van der Waals surface area contributed by atoms with Gasteiger partial charge in [-0.05, 0) is 31.4 Å². The van der Waals surface area contributed by atoms with Gasteiger partial charge in [0.15, 0.2) is 0 Å². The zero-order chi connectivity index (χ0) is 15.8. The lowest BCUT2D eigenvalue weighted by Crippen LogP contribution is -2.36. The number of rotatable bonds is 5. The number of carbonyl (C=O) groups excluding carboxylic acids is 1. The second-order valence-corrected chi connectivity index (χ2v) is 5.60. The molecule has 0 saturated carbocycles. The molecule has 0 spiro atoms.